The third kappa shape index (κ3) is 3.59. The zero-order valence-electron chi connectivity index (χ0n) is 8.89. The third-order valence-corrected chi connectivity index (χ3v) is 2.51. The molecule has 0 unspecified atom stereocenters. The van der Waals surface area contributed by atoms with Gasteiger partial charge in [-0.3, -0.25) is 0 Å². The second-order valence-corrected chi connectivity index (χ2v) is 3.93. The Morgan fingerprint density at radius 1 is 1.43 bits per heavy atom. The Kier molecular flexibility index (Phi) is 4.81. The van der Waals surface area contributed by atoms with Gasteiger partial charge in [-0.1, -0.05) is 37.4 Å². The van der Waals surface area contributed by atoms with E-state index in [1.165, 1.54) is 24.9 Å². The van der Waals surface area contributed by atoms with E-state index in [0.29, 0.717) is 5.02 Å². The van der Waals surface area contributed by atoms with Crippen molar-refractivity contribution in [3.63, 3.8) is 0 Å². The van der Waals surface area contributed by atoms with Gasteiger partial charge in [-0.25, -0.2) is 0 Å². The van der Waals surface area contributed by atoms with Gasteiger partial charge in [-0.05, 0) is 18.6 Å². The Labute approximate surface area is 91.7 Å². The SMILES string of the molecule is CCCCCN(C)c1cc[c]c(Cl)c1. The summed E-state index contributed by atoms with van der Waals surface area (Å²) in [7, 11) is 2.10. The van der Waals surface area contributed by atoms with Gasteiger partial charge >= 0.3 is 0 Å². The first-order valence-electron chi connectivity index (χ1n) is 5.12. The van der Waals surface area contributed by atoms with E-state index in [2.05, 4.69) is 24.9 Å². The van der Waals surface area contributed by atoms with E-state index in [4.69, 9.17) is 11.6 Å². The van der Waals surface area contributed by atoms with Crippen LogP contribution >= 0.6 is 11.6 Å². The molecule has 1 radical (unpaired) electrons. The Balaban J connectivity index is 2.47. The summed E-state index contributed by atoms with van der Waals surface area (Å²) in [5, 5.41) is 0.685. The minimum atomic E-state index is 0.685. The van der Waals surface area contributed by atoms with Gasteiger partial charge in [-0.15, -0.1) is 0 Å². The van der Waals surface area contributed by atoms with E-state index in [1.54, 1.807) is 0 Å². The van der Waals surface area contributed by atoms with E-state index in [1.807, 2.05) is 18.2 Å². The quantitative estimate of drug-likeness (QED) is 0.669. The summed E-state index contributed by atoms with van der Waals surface area (Å²) in [5.41, 5.74) is 1.17. The molecule has 1 aromatic carbocycles. The lowest BCUT2D eigenvalue weighted by atomic mass is 10.2. The van der Waals surface area contributed by atoms with E-state index in [-0.39, 0.29) is 0 Å². The molecule has 0 aliphatic rings. The van der Waals surface area contributed by atoms with Gasteiger partial charge in [-0.2, -0.15) is 0 Å². The van der Waals surface area contributed by atoms with Crippen molar-refractivity contribution in [2.24, 2.45) is 0 Å². The normalized spacial score (nSPS) is 10.2. The molecule has 1 rings (SSSR count). The van der Waals surface area contributed by atoms with Crippen molar-refractivity contribution in [1.82, 2.24) is 0 Å². The molecule has 0 amide bonds. The van der Waals surface area contributed by atoms with Gasteiger partial charge in [0, 0.05) is 25.3 Å². The molecular weight excluding hydrogens is 194 g/mol. The maximum atomic E-state index is 5.87. The van der Waals surface area contributed by atoms with Crippen LogP contribution in [0.1, 0.15) is 26.2 Å². The van der Waals surface area contributed by atoms with Crippen molar-refractivity contribution in [1.29, 1.82) is 0 Å². The van der Waals surface area contributed by atoms with E-state index >= 15 is 0 Å². The molecule has 0 spiro atoms. The predicted octanol–water partition coefficient (Wildman–Crippen LogP) is 3.77. The Hall–Kier alpha value is -0.690. The van der Waals surface area contributed by atoms with Crippen LogP contribution in [0.2, 0.25) is 5.02 Å². The minimum absolute atomic E-state index is 0.685. The summed E-state index contributed by atoms with van der Waals surface area (Å²) in [5.74, 6) is 0. The van der Waals surface area contributed by atoms with Crippen molar-refractivity contribution < 1.29 is 0 Å². The number of halogens is 1. The molecule has 0 aliphatic heterocycles. The molecule has 1 nitrogen and oxygen atoms in total. The van der Waals surface area contributed by atoms with Crippen LogP contribution in [0.15, 0.2) is 18.2 Å². The molecule has 0 bridgehead atoms. The summed E-state index contributed by atoms with van der Waals surface area (Å²) >= 11 is 5.87. The number of benzene rings is 1. The monoisotopic (exact) mass is 210 g/mol. The van der Waals surface area contributed by atoms with Crippen molar-refractivity contribution in [2.75, 3.05) is 18.5 Å². The molecule has 0 N–H and O–H groups in total. The maximum Gasteiger partial charge on any atom is 0.0505 e. The maximum absolute atomic E-state index is 5.87. The van der Waals surface area contributed by atoms with Crippen LogP contribution in [0.4, 0.5) is 5.69 Å². The molecule has 0 heterocycles. The molecule has 0 fully saturated rings. The van der Waals surface area contributed by atoms with Crippen LogP contribution < -0.4 is 4.90 Å². The first-order chi connectivity index (χ1) is 6.74. The second kappa shape index (κ2) is 5.92. The van der Waals surface area contributed by atoms with Crippen LogP contribution in [0.5, 0.6) is 0 Å². The highest BCUT2D eigenvalue weighted by Crippen LogP contribution is 2.18. The average molecular weight is 211 g/mol. The Bertz CT molecular complexity index is 273. The summed E-state index contributed by atoms with van der Waals surface area (Å²) < 4.78 is 0. The summed E-state index contributed by atoms with van der Waals surface area (Å²) in [4.78, 5) is 2.23. The lowest BCUT2D eigenvalue weighted by Gasteiger charge is -2.19. The molecule has 0 aromatic heterocycles. The highest BCUT2D eigenvalue weighted by atomic mass is 35.5. The molecule has 0 atom stereocenters. The Morgan fingerprint density at radius 3 is 2.86 bits per heavy atom. The fraction of sp³-hybridized carbons (Fsp3) is 0.500. The molecule has 0 aliphatic carbocycles. The first kappa shape index (κ1) is 11.4. The molecule has 2 heteroatoms. The molecule has 14 heavy (non-hydrogen) atoms. The van der Waals surface area contributed by atoms with Gasteiger partial charge in [0.05, 0.1) is 5.02 Å². The highest BCUT2D eigenvalue weighted by molar-refractivity contribution is 6.30. The Morgan fingerprint density at radius 2 is 2.21 bits per heavy atom. The van der Waals surface area contributed by atoms with Crippen LogP contribution in [-0.2, 0) is 0 Å². The highest BCUT2D eigenvalue weighted by Gasteiger charge is 2.00. The average Bonchev–Trinajstić information content (AvgIpc) is 2.18. The van der Waals surface area contributed by atoms with Gasteiger partial charge < -0.3 is 4.90 Å². The minimum Gasteiger partial charge on any atom is -0.375 e. The molecular formula is C12H17ClN. The predicted molar refractivity (Wildman–Crippen MR) is 63.1 cm³/mol. The fourth-order valence-electron chi connectivity index (χ4n) is 1.39. The van der Waals surface area contributed by atoms with Crippen molar-refractivity contribution in [3.8, 4) is 0 Å². The van der Waals surface area contributed by atoms with Gasteiger partial charge in [0.2, 0.25) is 0 Å². The number of anilines is 1. The van der Waals surface area contributed by atoms with Crippen LogP contribution in [0, 0.1) is 6.07 Å². The lowest BCUT2D eigenvalue weighted by Crippen LogP contribution is -2.18. The van der Waals surface area contributed by atoms with Crippen molar-refractivity contribution in [2.45, 2.75) is 26.2 Å². The van der Waals surface area contributed by atoms with Crippen LogP contribution in [-0.4, -0.2) is 13.6 Å². The van der Waals surface area contributed by atoms with Crippen LogP contribution in [0.25, 0.3) is 0 Å². The van der Waals surface area contributed by atoms with Gasteiger partial charge in [0.1, 0.15) is 0 Å². The number of hydrogen-bond acceptors (Lipinski definition) is 1. The number of rotatable bonds is 5. The summed E-state index contributed by atoms with van der Waals surface area (Å²) in [6.07, 6.45) is 3.79. The number of nitrogens with zero attached hydrogens (tertiary/aromatic N) is 1. The van der Waals surface area contributed by atoms with E-state index in [9.17, 15) is 0 Å². The smallest absolute Gasteiger partial charge is 0.0505 e. The zero-order valence-corrected chi connectivity index (χ0v) is 9.64. The van der Waals surface area contributed by atoms with E-state index < -0.39 is 0 Å². The lowest BCUT2D eigenvalue weighted by molar-refractivity contribution is 0.705. The third-order valence-electron chi connectivity index (χ3n) is 2.29. The molecule has 1 aromatic rings. The fourth-order valence-corrected chi connectivity index (χ4v) is 1.57. The summed E-state index contributed by atoms with van der Waals surface area (Å²) in [6.45, 7) is 3.31. The molecule has 0 saturated heterocycles. The van der Waals surface area contributed by atoms with Crippen molar-refractivity contribution in [3.05, 3.63) is 29.3 Å². The number of unbranched alkanes of at least 4 members (excludes halogenated alkanes) is 2. The van der Waals surface area contributed by atoms with Crippen molar-refractivity contribution >= 4 is 17.3 Å². The summed E-state index contributed by atoms with van der Waals surface area (Å²) in [6, 6.07) is 8.79. The molecule has 77 valence electrons. The van der Waals surface area contributed by atoms with Crippen LogP contribution in [0.3, 0.4) is 0 Å². The largest absolute Gasteiger partial charge is 0.375 e. The number of hydrogen-bond donors (Lipinski definition) is 0. The topological polar surface area (TPSA) is 3.24 Å². The standard InChI is InChI=1S/C12H17ClN/c1-3-4-5-9-14(2)12-8-6-7-11(13)10-12/h6,8,10H,3-5,9H2,1-2H3. The van der Waals surface area contributed by atoms with Gasteiger partial charge in [0.25, 0.3) is 0 Å². The van der Waals surface area contributed by atoms with Gasteiger partial charge in [0.15, 0.2) is 0 Å². The second-order valence-electron chi connectivity index (χ2n) is 3.52. The molecule has 0 saturated carbocycles. The first-order valence-corrected chi connectivity index (χ1v) is 5.50. The zero-order chi connectivity index (χ0) is 10.4. The van der Waals surface area contributed by atoms with E-state index in [0.717, 1.165) is 6.54 Å².